The van der Waals surface area contributed by atoms with Crippen molar-refractivity contribution < 1.29 is 14.3 Å². The highest BCUT2D eigenvalue weighted by molar-refractivity contribution is 5.94. The second kappa shape index (κ2) is 6.75. The fourth-order valence-corrected chi connectivity index (χ4v) is 4.14. The van der Waals surface area contributed by atoms with Crippen molar-refractivity contribution in [1.82, 2.24) is 9.88 Å². The molecule has 3 atom stereocenters. The second-order valence-corrected chi connectivity index (χ2v) is 6.74. The zero-order valence-corrected chi connectivity index (χ0v) is 14.3. The normalized spacial score (nSPS) is 24.4. The Kier molecular flexibility index (Phi) is 4.30. The smallest absolute Gasteiger partial charge is 0.256 e. The fourth-order valence-electron chi connectivity index (χ4n) is 4.14. The predicted molar refractivity (Wildman–Crippen MR) is 93.8 cm³/mol. The summed E-state index contributed by atoms with van der Waals surface area (Å²) in [6.07, 6.45) is 6.68. The molecule has 130 valence electrons. The van der Waals surface area contributed by atoms with Crippen LogP contribution in [0, 0.1) is 5.92 Å². The van der Waals surface area contributed by atoms with Crippen LogP contribution in [0.2, 0.25) is 0 Å². The van der Waals surface area contributed by atoms with Gasteiger partial charge in [-0.3, -0.25) is 9.78 Å². The van der Waals surface area contributed by atoms with Crippen molar-refractivity contribution in [3.05, 3.63) is 54.4 Å². The van der Waals surface area contributed by atoms with Crippen molar-refractivity contribution in [3.8, 4) is 11.5 Å². The van der Waals surface area contributed by atoms with E-state index in [1.54, 1.807) is 19.5 Å². The van der Waals surface area contributed by atoms with Crippen molar-refractivity contribution >= 4 is 5.91 Å². The molecule has 1 aromatic carbocycles. The topological polar surface area (TPSA) is 51.7 Å². The number of benzene rings is 1. The van der Waals surface area contributed by atoms with Crippen LogP contribution in [0.25, 0.3) is 0 Å². The Labute approximate surface area is 147 Å². The molecule has 25 heavy (non-hydrogen) atoms. The Morgan fingerprint density at radius 1 is 1.24 bits per heavy atom. The highest BCUT2D eigenvalue weighted by Gasteiger charge is 2.48. The molecule has 1 aliphatic heterocycles. The zero-order chi connectivity index (χ0) is 17.2. The molecular formula is C20H22N2O3. The lowest BCUT2D eigenvalue weighted by Gasteiger charge is -2.35. The van der Waals surface area contributed by atoms with Gasteiger partial charge in [0.1, 0.15) is 18.1 Å². The van der Waals surface area contributed by atoms with E-state index < -0.39 is 0 Å². The van der Waals surface area contributed by atoms with Crippen molar-refractivity contribution in [3.63, 3.8) is 0 Å². The maximum atomic E-state index is 13.0. The van der Waals surface area contributed by atoms with E-state index in [1.165, 1.54) is 6.42 Å². The summed E-state index contributed by atoms with van der Waals surface area (Å²) in [5.41, 5.74) is 0.654. The molecular weight excluding hydrogens is 316 g/mol. The number of rotatable bonds is 5. The number of pyridine rings is 1. The Morgan fingerprint density at radius 2 is 2.12 bits per heavy atom. The van der Waals surface area contributed by atoms with E-state index >= 15 is 0 Å². The first-order chi connectivity index (χ1) is 12.3. The van der Waals surface area contributed by atoms with Gasteiger partial charge in [0, 0.05) is 24.5 Å². The van der Waals surface area contributed by atoms with Gasteiger partial charge in [0.2, 0.25) is 0 Å². The van der Waals surface area contributed by atoms with E-state index in [9.17, 15) is 4.79 Å². The molecule has 1 saturated heterocycles. The number of likely N-dealkylation sites (tertiary alicyclic amines) is 1. The van der Waals surface area contributed by atoms with Gasteiger partial charge in [-0.05, 0) is 49.4 Å². The Balaban J connectivity index is 1.50. The third kappa shape index (κ3) is 3.06. The first-order valence-corrected chi connectivity index (χ1v) is 8.76. The van der Waals surface area contributed by atoms with E-state index in [1.807, 2.05) is 41.3 Å². The van der Waals surface area contributed by atoms with Gasteiger partial charge >= 0.3 is 0 Å². The van der Waals surface area contributed by atoms with Gasteiger partial charge in [0.05, 0.1) is 18.7 Å². The third-order valence-electron chi connectivity index (χ3n) is 5.35. The minimum absolute atomic E-state index is 0.0690. The molecule has 2 aliphatic rings. The average Bonchev–Trinajstić information content (AvgIpc) is 3.28. The molecule has 2 bridgehead atoms. The van der Waals surface area contributed by atoms with Crippen molar-refractivity contribution in [2.24, 2.45) is 5.92 Å². The van der Waals surface area contributed by atoms with Gasteiger partial charge in [0.15, 0.2) is 0 Å². The molecule has 0 spiro atoms. The van der Waals surface area contributed by atoms with Gasteiger partial charge in [-0.15, -0.1) is 0 Å². The molecule has 0 radical (unpaired) electrons. The van der Waals surface area contributed by atoms with Gasteiger partial charge in [-0.2, -0.15) is 0 Å². The fraction of sp³-hybridized carbons (Fsp3) is 0.400. The number of hydrogen-bond acceptors (Lipinski definition) is 4. The molecule has 5 nitrogen and oxygen atoms in total. The summed E-state index contributed by atoms with van der Waals surface area (Å²) < 4.78 is 11.3. The molecule has 1 saturated carbocycles. The third-order valence-corrected chi connectivity index (χ3v) is 5.35. The summed E-state index contributed by atoms with van der Waals surface area (Å²) >= 11 is 0. The molecule has 0 N–H and O–H groups in total. The lowest BCUT2D eigenvalue weighted by atomic mass is 9.99. The van der Waals surface area contributed by atoms with E-state index in [-0.39, 0.29) is 11.9 Å². The lowest BCUT2D eigenvalue weighted by Crippen LogP contribution is -2.47. The minimum Gasteiger partial charge on any atom is -0.497 e. The molecule has 2 fully saturated rings. The Hall–Kier alpha value is -2.56. The standard InChI is InChI=1S/C20H22N2O3/c1-24-17-5-2-6-18(11-17)25-13-19-14-7-8-16(10-14)22(19)20(23)15-4-3-9-21-12-15/h2-6,9,11-12,14,16,19H,7-8,10,13H2,1H3/t14-,16+,19+/m0/s1. The van der Waals surface area contributed by atoms with Crippen LogP contribution in [-0.2, 0) is 0 Å². The molecule has 4 rings (SSSR count). The number of hydrogen-bond donors (Lipinski definition) is 0. The van der Waals surface area contributed by atoms with Crippen LogP contribution in [0.15, 0.2) is 48.8 Å². The zero-order valence-electron chi connectivity index (χ0n) is 14.3. The van der Waals surface area contributed by atoms with E-state index in [2.05, 4.69) is 4.98 Å². The monoisotopic (exact) mass is 338 g/mol. The number of aromatic nitrogens is 1. The van der Waals surface area contributed by atoms with Crippen LogP contribution in [0.4, 0.5) is 0 Å². The molecule has 2 heterocycles. The molecule has 1 aromatic heterocycles. The predicted octanol–water partition coefficient (Wildman–Crippen LogP) is 3.16. The highest BCUT2D eigenvalue weighted by Crippen LogP contribution is 2.43. The van der Waals surface area contributed by atoms with E-state index in [4.69, 9.17) is 9.47 Å². The second-order valence-electron chi connectivity index (χ2n) is 6.74. The number of carbonyl (C=O) groups is 1. The van der Waals surface area contributed by atoms with Gasteiger partial charge in [-0.1, -0.05) is 6.07 Å². The molecule has 2 aromatic rings. The molecule has 0 unspecified atom stereocenters. The molecule has 1 amide bonds. The average molecular weight is 338 g/mol. The summed E-state index contributed by atoms with van der Waals surface area (Å²) in [4.78, 5) is 19.1. The number of nitrogens with zero attached hydrogens (tertiary/aromatic N) is 2. The first kappa shape index (κ1) is 15.9. The van der Waals surface area contributed by atoms with Gasteiger partial charge in [0.25, 0.3) is 5.91 Å². The van der Waals surface area contributed by atoms with Gasteiger partial charge in [-0.25, -0.2) is 0 Å². The van der Waals surface area contributed by atoms with E-state index in [0.29, 0.717) is 24.1 Å². The number of methoxy groups -OCH3 is 1. The quantitative estimate of drug-likeness (QED) is 0.840. The lowest BCUT2D eigenvalue weighted by molar-refractivity contribution is 0.0505. The largest absolute Gasteiger partial charge is 0.497 e. The summed E-state index contributed by atoms with van der Waals surface area (Å²) in [6.45, 7) is 0.514. The van der Waals surface area contributed by atoms with Crippen molar-refractivity contribution in [1.29, 1.82) is 0 Å². The summed E-state index contributed by atoms with van der Waals surface area (Å²) in [6, 6.07) is 11.7. The number of piperidine rings is 1. The highest BCUT2D eigenvalue weighted by atomic mass is 16.5. The number of fused-ring (bicyclic) bond motifs is 2. The molecule has 5 heteroatoms. The first-order valence-electron chi connectivity index (χ1n) is 8.76. The van der Waals surface area contributed by atoms with Crippen LogP contribution in [0.3, 0.4) is 0 Å². The summed E-state index contributed by atoms with van der Waals surface area (Å²) in [7, 11) is 1.64. The summed E-state index contributed by atoms with van der Waals surface area (Å²) in [5, 5.41) is 0. The van der Waals surface area contributed by atoms with Crippen LogP contribution in [0.5, 0.6) is 11.5 Å². The van der Waals surface area contributed by atoms with Crippen molar-refractivity contribution in [2.45, 2.75) is 31.3 Å². The number of amides is 1. The number of ether oxygens (including phenoxy) is 2. The van der Waals surface area contributed by atoms with E-state index in [0.717, 1.165) is 24.3 Å². The van der Waals surface area contributed by atoms with Crippen LogP contribution in [0.1, 0.15) is 29.6 Å². The van der Waals surface area contributed by atoms with Crippen LogP contribution in [-0.4, -0.2) is 41.6 Å². The SMILES string of the molecule is COc1cccc(OC[C@@H]2[C@H]3CC[C@H](C3)N2C(=O)c2cccnc2)c1. The maximum Gasteiger partial charge on any atom is 0.256 e. The minimum atomic E-state index is 0.0690. The Morgan fingerprint density at radius 3 is 2.92 bits per heavy atom. The number of carbonyl (C=O) groups excluding carboxylic acids is 1. The van der Waals surface area contributed by atoms with Crippen LogP contribution >= 0.6 is 0 Å². The van der Waals surface area contributed by atoms with Crippen molar-refractivity contribution in [2.75, 3.05) is 13.7 Å². The maximum absolute atomic E-state index is 13.0. The Bertz CT molecular complexity index is 750. The van der Waals surface area contributed by atoms with Gasteiger partial charge < -0.3 is 14.4 Å². The van der Waals surface area contributed by atoms with Crippen LogP contribution < -0.4 is 9.47 Å². The summed E-state index contributed by atoms with van der Waals surface area (Å²) in [5.74, 6) is 2.14. The molecule has 1 aliphatic carbocycles.